The summed E-state index contributed by atoms with van der Waals surface area (Å²) in [6.45, 7) is 0.0236. The van der Waals surface area contributed by atoms with E-state index in [0.717, 1.165) is 50.2 Å². The SMILES string of the molecule is COc1ccc2nc3ccc(OC)cc3c(Nc3ccc(CO)cc3)c2c1. The predicted octanol–water partition coefficient (Wildman–Crippen LogP) is 4.64. The van der Waals surface area contributed by atoms with E-state index in [-0.39, 0.29) is 6.61 Å². The third kappa shape index (κ3) is 3.25. The highest BCUT2D eigenvalue weighted by molar-refractivity contribution is 6.09. The topological polar surface area (TPSA) is 63.6 Å². The van der Waals surface area contributed by atoms with E-state index in [1.54, 1.807) is 14.2 Å². The Labute approximate surface area is 157 Å². The van der Waals surface area contributed by atoms with Crippen molar-refractivity contribution in [3.8, 4) is 11.5 Å². The van der Waals surface area contributed by atoms with Gasteiger partial charge in [0.15, 0.2) is 0 Å². The average Bonchev–Trinajstić information content (AvgIpc) is 2.73. The summed E-state index contributed by atoms with van der Waals surface area (Å²) in [6, 6.07) is 19.4. The summed E-state index contributed by atoms with van der Waals surface area (Å²) < 4.78 is 10.8. The maximum atomic E-state index is 9.26. The third-order valence-corrected chi connectivity index (χ3v) is 4.59. The molecule has 0 saturated heterocycles. The molecular formula is C22H20N2O3. The van der Waals surface area contributed by atoms with E-state index in [1.807, 2.05) is 60.7 Å². The molecule has 1 heterocycles. The summed E-state index contributed by atoms with van der Waals surface area (Å²) >= 11 is 0. The van der Waals surface area contributed by atoms with E-state index < -0.39 is 0 Å². The zero-order valence-corrected chi connectivity index (χ0v) is 15.2. The first-order chi connectivity index (χ1) is 13.2. The fourth-order valence-electron chi connectivity index (χ4n) is 3.13. The number of aromatic nitrogens is 1. The Morgan fingerprint density at radius 1 is 0.815 bits per heavy atom. The Morgan fingerprint density at radius 2 is 1.37 bits per heavy atom. The minimum Gasteiger partial charge on any atom is -0.497 e. The molecule has 0 bridgehead atoms. The molecule has 2 N–H and O–H groups in total. The summed E-state index contributed by atoms with van der Waals surface area (Å²) in [5.74, 6) is 1.54. The molecule has 5 nitrogen and oxygen atoms in total. The van der Waals surface area contributed by atoms with Crippen LogP contribution >= 0.6 is 0 Å². The third-order valence-electron chi connectivity index (χ3n) is 4.59. The second-order valence-electron chi connectivity index (χ2n) is 6.23. The van der Waals surface area contributed by atoms with Crippen LogP contribution in [0.2, 0.25) is 0 Å². The van der Waals surface area contributed by atoms with Gasteiger partial charge in [0, 0.05) is 16.5 Å². The molecule has 27 heavy (non-hydrogen) atoms. The lowest BCUT2D eigenvalue weighted by Crippen LogP contribution is -1.97. The quantitative estimate of drug-likeness (QED) is 0.508. The highest BCUT2D eigenvalue weighted by Crippen LogP contribution is 2.36. The number of nitrogens with one attached hydrogen (secondary N) is 1. The predicted molar refractivity (Wildman–Crippen MR) is 108 cm³/mol. The monoisotopic (exact) mass is 360 g/mol. The molecule has 5 heteroatoms. The van der Waals surface area contributed by atoms with Gasteiger partial charge in [-0.15, -0.1) is 0 Å². The molecular weight excluding hydrogens is 340 g/mol. The standard InChI is InChI=1S/C22H20N2O3/c1-26-16-7-9-20-18(11-16)22(23-15-5-3-14(13-25)4-6-15)19-12-17(27-2)8-10-21(19)24-20/h3-12,25H,13H2,1-2H3,(H,23,24). The van der Waals surface area contributed by atoms with E-state index in [4.69, 9.17) is 14.5 Å². The van der Waals surface area contributed by atoms with Gasteiger partial charge in [0.05, 0.1) is 37.5 Å². The van der Waals surface area contributed by atoms with Gasteiger partial charge in [-0.3, -0.25) is 0 Å². The average molecular weight is 360 g/mol. The highest BCUT2D eigenvalue weighted by Gasteiger charge is 2.12. The number of pyridine rings is 1. The normalized spacial score (nSPS) is 10.9. The van der Waals surface area contributed by atoms with Crippen LogP contribution in [0.5, 0.6) is 11.5 Å². The molecule has 0 saturated carbocycles. The van der Waals surface area contributed by atoms with Crippen molar-refractivity contribution < 1.29 is 14.6 Å². The Balaban J connectivity index is 1.95. The van der Waals surface area contributed by atoms with Crippen molar-refractivity contribution in [2.24, 2.45) is 0 Å². The summed E-state index contributed by atoms with van der Waals surface area (Å²) in [6.07, 6.45) is 0. The number of nitrogens with zero attached hydrogens (tertiary/aromatic N) is 1. The van der Waals surface area contributed by atoms with Crippen LogP contribution in [0.15, 0.2) is 60.7 Å². The maximum Gasteiger partial charge on any atom is 0.119 e. The van der Waals surface area contributed by atoms with Crippen LogP contribution in [0.1, 0.15) is 5.56 Å². The molecule has 0 amide bonds. The Hall–Kier alpha value is -3.31. The molecule has 0 aliphatic carbocycles. The second-order valence-corrected chi connectivity index (χ2v) is 6.23. The largest absolute Gasteiger partial charge is 0.497 e. The van der Waals surface area contributed by atoms with Gasteiger partial charge in [-0.1, -0.05) is 12.1 Å². The molecule has 0 aliphatic heterocycles. The molecule has 0 fully saturated rings. The summed E-state index contributed by atoms with van der Waals surface area (Å²) in [5.41, 5.74) is 4.48. The lowest BCUT2D eigenvalue weighted by Gasteiger charge is -2.15. The van der Waals surface area contributed by atoms with Crippen LogP contribution in [0, 0.1) is 0 Å². The first kappa shape index (κ1) is 17.1. The van der Waals surface area contributed by atoms with Crippen molar-refractivity contribution in [2.45, 2.75) is 6.61 Å². The van der Waals surface area contributed by atoms with E-state index in [1.165, 1.54) is 0 Å². The van der Waals surface area contributed by atoms with Crippen molar-refractivity contribution >= 4 is 33.2 Å². The number of hydrogen-bond donors (Lipinski definition) is 2. The van der Waals surface area contributed by atoms with Gasteiger partial charge < -0.3 is 19.9 Å². The summed E-state index contributed by atoms with van der Waals surface area (Å²) in [4.78, 5) is 4.77. The van der Waals surface area contributed by atoms with E-state index in [9.17, 15) is 5.11 Å². The van der Waals surface area contributed by atoms with Gasteiger partial charge in [0.25, 0.3) is 0 Å². The van der Waals surface area contributed by atoms with Gasteiger partial charge in [-0.05, 0) is 54.1 Å². The van der Waals surface area contributed by atoms with Crippen LogP contribution in [0.25, 0.3) is 21.8 Å². The molecule has 0 radical (unpaired) electrons. The number of anilines is 2. The van der Waals surface area contributed by atoms with Gasteiger partial charge in [0.1, 0.15) is 11.5 Å². The van der Waals surface area contributed by atoms with Crippen molar-refractivity contribution in [2.75, 3.05) is 19.5 Å². The molecule has 0 unspecified atom stereocenters. The van der Waals surface area contributed by atoms with Crippen LogP contribution < -0.4 is 14.8 Å². The number of benzene rings is 3. The minimum absolute atomic E-state index is 0.0236. The number of aliphatic hydroxyl groups excluding tert-OH is 1. The molecule has 1 aromatic heterocycles. The molecule has 0 aliphatic rings. The van der Waals surface area contributed by atoms with Crippen LogP contribution in [0.4, 0.5) is 11.4 Å². The minimum atomic E-state index is 0.0236. The van der Waals surface area contributed by atoms with Crippen LogP contribution in [0.3, 0.4) is 0 Å². The van der Waals surface area contributed by atoms with Gasteiger partial charge in [-0.2, -0.15) is 0 Å². The lowest BCUT2D eigenvalue weighted by atomic mass is 10.1. The first-order valence-electron chi connectivity index (χ1n) is 8.64. The number of methoxy groups -OCH3 is 2. The highest BCUT2D eigenvalue weighted by atomic mass is 16.5. The smallest absolute Gasteiger partial charge is 0.119 e. The lowest BCUT2D eigenvalue weighted by molar-refractivity contribution is 0.282. The molecule has 4 aromatic rings. The summed E-state index contributed by atoms with van der Waals surface area (Å²) in [7, 11) is 3.30. The van der Waals surface area contributed by atoms with Crippen LogP contribution in [-0.2, 0) is 6.61 Å². The van der Waals surface area contributed by atoms with E-state index >= 15 is 0 Å². The zero-order valence-electron chi connectivity index (χ0n) is 15.2. The molecule has 0 atom stereocenters. The van der Waals surface area contributed by atoms with E-state index in [0.29, 0.717) is 0 Å². The van der Waals surface area contributed by atoms with Crippen molar-refractivity contribution in [1.82, 2.24) is 4.98 Å². The van der Waals surface area contributed by atoms with Crippen molar-refractivity contribution in [3.05, 3.63) is 66.2 Å². The van der Waals surface area contributed by atoms with Gasteiger partial charge >= 0.3 is 0 Å². The number of hydrogen-bond acceptors (Lipinski definition) is 5. The van der Waals surface area contributed by atoms with Crippen LogP contribution in [-0.4, -0.2) is 24.3 Å². The van der Waals surface area contributed by atoms with Crippen molar-refractivity contribution in [1.29, 1.82) is 0 Å². The first-order valence-corrected chi connectivity index (χ1v) is 8.64. The number of rotatable bonds is 5. The number of aliphatic hydroxyl groups is 1. The molecule has 0 spiro atoms. The number of ether oxygens (including phenoxy) is 2. The molecule has 136 valence electrons. The summed E-state index contributed by atoms with van der Waals surface area (Å²) in [5, 5.41) is 14.7. The Morgan fingerprint density at radius 3 is 1.85 bits per heavy atom. The maximum absolute atomic E-state index is 9.26. The molecule has 4 rings (SSSR count). The fourth-order valence-corrected chi connectivity index (χ4v) is 3.13. The van der Waals surface area contributed by atoms with Gasteiger partial charge in [0.2, 0.25) is 0 Å². The number of fused-ring (bicyclic) bond motifs is 2. The Bertz CT molecular complexity index is 1050. The fraction of sp³-hybridized carbons (Fsp3) is 0.136. The second kappa shape index (κ2) is 7.13. The van der Waals surface area contributed by atoms with E-state index in [2.05, 4.69) is 5.32 Å². The van der Waals surface area contributed by atoms with Gasteiger partial charge in [-0.25, -0.2) is 4.98 Å². The zero-order chi connectivity index (χ0) is 18.8. The van der Waals surface area contributed by atoms with Crippen molar-refractivity contribution in [3.63, 3.8) is 0 Å². The molecule has 3 aromatic carbocycles. The Kier molecular flexibility index (Phi) is 4.52.